The summed E-state index contributed by atoms with van der Waals surface area (Å²) in [5.41, 5.74) is 14.5. The molecule has 0 aromatic heterocycles. The Morgan fingerprint density at radius 2 is 1.07 bits per heavy atom. The number of nitrogens with one attached hydrogen (secondary N) is 4. The molecule has 4 atom stereocenters. The van der Waals surface area contributed by atoms with Gasteiger partial charge in [0.2, 0.25) is 0 Å². The van der Waals surface area contributed by atoms with Gasteiger partial charge in [0.15, 0.2) is 0 Å². The number of hydrogen-bond acceptors (Lipinski definition) is 4. The van der Waals surface area contributed by atoms with E-state index in [9.17, 15) is 0 Å². The molecule has 1 aliphatic carbocycles. The standard InChI is InChI=1S/C42H34N4/c1-3-8-27(9-4-1)35-22-18-29-14-16-31-20-24-37(45-41(31)39(29)43-35)33-12-7-13-34(26-33)38-25-21-32-17-15-30-19-23-36(28-10-5-2-6-11-28)44-40(30)42(32)46-38/h1-26,35-37,42-46H. The third-order valence-corrected chi connectivity index (χ3v) is 9.59. The SMILES string of the molecule is C1=CC2=C(NC(c3ccccc3)C=C2)C2NC(c3cccc(C4C=Cc5ccc6c(c5N4)NC(c4ccccc4)C=C6)c3)=CC=C12. The van der Waals surface area contributed by atoms with Crippen LogP contribution in [-0.2, 0) is 0 Å². The molecule has 0 spiro atoms. The highest BCUT2D eigenvalue weighted by atomic mass is 15.0. The van der Waals surface area contributed by atoms with Crippen molar-refractivity contribution in [3.05, 3.63) is 196 Å². The predicted octanol–water partition coefficient (Wildman–Crippen LogP) is 9.01. The number of allylic oxidation sites excluding steroid dienone is 5. The lowest BCUT2D eigenvalue weighted by Gasteiger charge is -2.36. The predicted molar refractivity (Wildman–Crippen MR) is 191 cm³/mol. The quantitative estimate of drug-likeness (QED) is 0.190. The number of dihydropyridines is 2. The Hall–Kier alpha value is -5.74. The van der Waals surface area contributed by atoms with Crippen molar-refractivity contribution in [2.24, 2.45) is 0 Å². The summed E-state index contributed by atoms with van der Waals surface area (Å²) in [6.45, 7) is 0. The molecule has 0 bridgehead atoms. The molecule has 9 rings (SSSR count). The average Bonchev–Trinajstić information content (AvgIpc) is 3.14. The van der Waals surface area contributed by atoms with Gasteiger partial charge >= 0.3 is 0 Å². The van der Waals surface area contributed by atoms with Crippen molar-refractivity contribution in [1.82, 2.24) is 10.6 Å². The van der Waals surface area contributed by atoms with E-state index >= 15 is 0 Å². The fourth-order valence-electron chi connectivity index (χ4n) is 7.14. The number of hydrogen-bond donors (Lipinski definition) is 4. The fourth-order valence-corrected chi connectivity index (χ4v) is 7.14. The normalized spacial score (nSPS) is 23.3. The topological polar surface area (TPSA) is 48.1 Å². The maximum Gasteiger partial charge on any atom is 0.0920 e. The number of benzene rings is 4. The van der Waals surface area contributed by atoms with Gasteiger partial charge in [-0.2, -0.15) is 0 Å². The van der Waals surface area contributed by atoms with Gasteiger partial charge in [-0.05, 0) is 56.7 Å². The first kappa shape index (κ1) is 26.6. The second-order valence-corrected chi connectivity index (χ2v) is 12.4. The Kier molecular flexibility index (Phi) is 6.38. The van der Waals surface area contributed by atoms with Crippen LogP contribution in [0.3, 0.4) is 0 Å². The lowest BCUT2D eigenvalue weighted by atomic mass is 9.87. The zero-order chi connectivity index (χ0) is 30.5. The molecule has 4 N–H and O–H groups in total. The third kappa shape index (κ3) is 4.70. The van der Waals surface area contributed by atoms with E-state index < -0.39 is 0 Å². The van der Waals surface area contributed by atoms with Crippen LogP contribution in [0.25, 0.3) is 17.8 Å². The lowest BCUT2D eigenvalue weighted by molar-refractivity contribution is 0.613. The van der Waals surface area contributed by atoms with E-state index in [1.165, 1.54) is 50.2 Å². The van der Waals surface area contributed by atoms with Crippen molar-refractivity contribution in [3.8, 4) is 0 Å². The van der Waals surface area contributed by atoms with Crippen LogP contribution in [0.15, 0.2) is 163 Å². The zero-order valence-electron chi connectivity index (χ0n) is 25.3. The highest BCUT2D eigenvalue weighted by molar-refractivity contribution is 5.90. The molecule has 4 heteroatoms. The molecular formula is C42H34N4. The summed E-state index contributed by atoms with van der Waals surface area (Å²) < 4.78 is 0. The fraction of sp³-hybridized carbons (Fsp3) is 0.0952. The molecule has 4 heterocycles. The van der Waals surface area contributed by atoms with Gasteiger partial charge in [-0.3, -0.25) is 0 Å². The third-order valence-electron chi connectivity index (χ3n) is 9.59. The number of rotatable bonds is 4. The molecule has 0 saturated carbocycles. The van der Waals surface area contributed by atoms with Gasteiger partial charge in [-0.1, -0.05) is 146 Å². The minimum Gasteiger partial charge on any atom is -0.376 e. The molecule has 0 amide bonds. The van der Waals surface area contributed by atoms with Gasteiger partial charge < -0.3 is 21.3 Å². The van der Waals surface area contributed by atoms with E-state index in [1.807, 2.05) is 0 Å². The Balaban J connectivity index is 0.972. The van der Waals surface area contributed by atoms with Gasteiger partial charge in [0.25, 0.3) is 0 Å². The second-order valence-electron chi connectivity index (χ2n) is 12.4. The molecule has 0 radical (unpaired) electrons. The van der Waals surface area contributed by atoms with E-state index in [4.69, 9.17) is 0 Å². The van der Waals surface area contributed by atoms with Crippen molar-refractivity contribution in [2.75, 3.05) is 10.6 Å². The Morgan fingerprint density at radius 1 is 0.457 bits per heavy atom. The summed E-state index contributed by atoms with van der Waals surface area (Å²) in [5.74, 6) is 0. The van der Waals surface area contributed by atoms with Gasteiger partial charge in [0.1, 0.15) is 0 Å². The summed E-state index contributed by atoms with van der Waals surface area (Å²) in [7, 11) is 0. The van der Waals surface area contributed by atoms with Gasteiger partial charge in [0.05, 0.1) is 35.5 Å². The maximum absolute atomic E-state index is 3.88. The summed E-state index contributed by atoms with van der Waals surface area (Å²) in [6, 6.07) is 35.0. The summed E-state index contributed by atoms with van der Waals surface area (Å²) in [5, 5.41) is 15.4. The van der Waals surface area contributed by atoms with E-state index in [1.54, 1.807) is 0 Å². The molecule has 4 aromatic rings. The first-order valence-corrected chi connectivity index (χ1v) is 16.1. The van der Waals surface area contributed by atoms with Crippen molar-refractivity contribution >= 4 is 29.2 Å². The molecule has 222 valence electrons. The van der Waals surface area contributed by atoms with Gasteiger partial charge in [0, 0.05) is 11.4 Å². The summed E-state index contributed by atoms with van der Waals surface area (Å²) in [6.07, 6.45) is 22.4. The number of anilines is 2. The van der Waals surface area contributed by atoms with Crippen LogP contribution >= 0.6 is 0 Å². The first-order valence-electron chi connectivity index (χ1n) is 16.1. The smallest absolute Gasteiger partial charge is 0.0920 e. The van der Waals surface area contributed by atoms with Crippen LogP contribution < -0.4 is 21.3 Å². The van der Waals surface area contributed by atoms with Crippen molar-refractivity contribution in [1.29, 1.82) is 0 Å². The minimum atomic E-state index is 0.0563. The molecule has 4 aliphatic heterocycles. The van der Waals surface area contributed by atoms with Crippen molar-refractivity contribution < 1.29 is 0 Å². The number of fused-ring (bicyclic) bond motifs is 5. The van der Waals surface area contributed by atoms with Crippen LogP contribution in [0, 0.1) is 0 Å². The molecule has 0 fully saturated rings. The van der Waals surface area contributed by atoms with E-state index in [0.29, 0.717) is 0 Å². The summed E-state index contributed by atoms with van der Waals surface area (Å²) in [4.78, 5) is 0. The Morgan fingerprint density at radius 3 is 1.76 bits per heavy atom. The zero-order valence-corrected chi connectivity index (χ0v) is 25.3. The summed E-state index contributed by atoms with van der Waals surface area (Å²) >= 11 is 0. The van der Waals surface area contributed by atoms with Crippen LogP contribution in [0.2, 0.25) is 0 Å². The monoisotopic (exact) mass is 594 g/mol. The van der Waals surface area contributed by atoms with Crippen LogP contribution in [0.4, 0.5) is 11.4 Å². The molecule has 4 unspecified atom stereocenters. The molecule has 0 saturated heterocycles. The Labute approximate surface area is 270 Å². The van der Waals surface area contributed by atoms with E-state index in [-0.39, 0.29) is 24.2 Å². The van der Waals surface area contributed by atoms with Crippen LogP contribution in [-0.4, -0.2) is 6.04 Å². The van der Waals surface area contributed by atoms with Crippen molar-refractivity contribution in [2.45, 2.75) is 24.2 Å². The van der Waals surface area contributed by atoms with E-state index in [0.717, 1.165) is 17.1 Å². The minimum absolute atomic E-state index is 0.0563. The molecule has 4 aromatic carbocycles. The van der Waals surface area contributed by atoms with E-state index in [2.05, 4.69) is 179 Å². The van der Waals surface area contributed by atoms with Crippen LogP contribution in [0.5, 0.6) is 0 Å². The van der Waals surface area contributed by atoms with Crippen molar-refractivity contribution in [3.63, 3.8) is 0 Å². The van der Waals surface area contributed by atoms with Crippen LogP contribution in [0.1, 0.15) is 51.5 Å². The van der Waals surface area contributed by atoms with Gasteiger partial charge in [-0.15, -0.1) is 0 Å². The molecule has 4 nitrogen and oxygen atoms in total. The highest BCUT2D eigenvalue weighted by Crippen LogP contribution is 2.42. The maximum atomic E-state index is 3.88. The average molecular weight is 595 g/mol. The molecule has 5 aliphatic rings. The second kappa shape index (κ2) is 11.0. The largest absolute Gasteiger partial charge is 0.376 e. The van der Waals surface area contributed by atoms with Gasteiger partial charge in [-0.25, -0.2) is 0 Å². The highest BCUT2D eigenvalue weighted by Gasteiger charge is 2.30. The first-order chi connectivity index (χ1) is 22.8. The molecule has 46 heavy (non-hydrogen) atoms. The lowest BCUT2D eigenvalue weighted by Crippen LogP contribution is -2.42. The Bertz CT molecular complexity index is 2060. The molecular weight excluding hydrogens is 560 g/mol.